The number of hydrogen-bond acceptors (Lipinski definition) is 3. The van der Waals surface area contributed by atoms with E-state index in [-0.39, 0.29) is 17.9 Å². The Balaban J connectivity index is 3.13. The Labute approximate surface area is 80.4 Å². The van der Waals surface area contributed by atoms with Crippen LogP contribution in [0.5, 0.6) is 5.75 Å². The summed E-state index contributed by atoms with van der Waals surface area (Å²) >= 11 is 0. The van der Waals surface area contributed by atoms with Crippen LogP contribution < -0.4 is 10.6 Å². The molecule has 0 saturated heterocycles. The highest BCUT2D eigenvalue weighted by Gasteiger charge is 2.11. The van der Waals surface area contributed by atoms with E-state index in [0.717, 1.165) is 6.07 Å². The Bertz CT molecular complexity index is 318. The van der Waals surface area contributed by atoms with Crippen molar-refractivity contribution < 1.29 is 18.4 Å². The lowest BCUT2D eigenvalue weighted by molar-refractivity contribution is 0.121. The van der Waals surface area contributed by atoms with Crippen molar-refractivity contribution in [3.8, 4) is 5.75 Å². The first-order valence-corrected chi connectivity index (χ1v) is 3.95. The number of ether oxygens (including phenoxy) is 1. The maximum Gasteiger partial charge on any atom is 0.165 e. The summed E-state index contributed by atoms with van der Waals surface area (Å²) in [5.41, 5.74) is 0.623. The molecule has 0 saturated carbocycles. The number of benzene rings is 1. The lowest BCUT2D eigenvalue weighted by Crippen LogP contribution is -2.03. The summed E-state index contributed by atoms with van der Waals surface area (Å²) in [4.78, 5) is 4.36. The van der Waals surface area contributed by atoms with Crippen molar-refractivity contribution in [3.63, 3.8) is 0 Å². The Morgan fingerprint density at radius 1 is 1.43 bits per heavy atom. The molecule has 0 spiro atoms. The van der Waals surface area contributed by atoms with Crippen LogP contribution in [0.15, 0.2) is 12.1 Å². The van der Waals surface area contributed by atoms with Gasteiger partial charge in [0.2, 0.25) is 0 Å². The van der Waals surface area contributed by atoms with Crippen LogP contribution in [0.4, 0.5) is 8.78 Å². The quantitative estimate of drug-likeness (QED) is 0.757. The van der Waals surface area contributed by atoms with Crippen molar-refractivity contribution in [3.05, 3.63) is 29.1 Å². The second-order valence-electron chi connectivity index (χ2n) is 2.71. The minimum absolute atomic E-state index is 0.0199. The monoisotopic (exact) mass is 203 g/mol. The van der Waals surface area contributed by atoms with Gasteiger partial charge in [-0.05, 0) is 17.7 Å². The number of hydrogen-bond donors (Lipinski definition) is 1. The zero-order valence-corrected chi connectivity index (χ0v) is 7.72. The molecule has 0 aliphatic heterocycles. The Morgan fingerprint density at radius 3 is 2.64 bits per heavy atom. The van der Waals surface area contributed by atoms with Gasteiger partial charge in [0, 0.05) is 5.56 Å². The highest BCUT2D eigenvalue weighted by Crippen LogP contribution is 2.25. The fourth-order valence-corrected chi connectivity index (χ4v) is 1.22. The minimum atomic E-state index is -0.738. The fourth-order valence-electron chi connectivity index (χ4n) is 1.22. The Hall–Kier alpha value is -1.20. The molecule has 14 heavy (non-hydrogen) atoms. The van der Waals surface area contributed by atoms with Crippen LogP contribution in [0.25, 0.3) is 0 Å². The number of methoxy groups -OCH3 is 1. The molecule has 0 aliphatic carbocycles. The molecule has 1 aromatic rings. The number of nitrogens with two attached hydrogens (primary N) is 1. The van der Waals surface area contributed by atoms with Crippen molar-refractivity contribution in [2.75, 3.05) is 7.11 Å². The number of rotatable bonds is 4. The lowest BCUT2D eigenvalue weighted by atomic mass is 10.1. The van der Waals surface area contributed by atoms with E-state index in [1.54, 1.807) is 0 Å². The van der Waals surface area contributed by atoms with Crippen LogP contribution in [0.2, 0.25) is 0 Å². The van der Waals surface area contributed by atoms with Crippen LogP contribution in [0.1, 0.15) is 11.1 Å². The normalized spacial score (nSPS) is 10.3. The van der Waals surface area contributed by atoms with Gasteiger partial charge in [0.15, 0.2) is 11.6 Å². The second kappa shape index (κ2) is 4.88. The van der Waals surface area contributed by atoms with Crippen LogP contribution >= 0.6 is 0 Å². The van der Waals surface area contributed by atoms with Crippen LogP contribution in [-0.4, -0.2) is 7.11 Å². The van der Waals surface area contributed by atoms with E-state index in [1.807, 2.05) is 0 Å². The lowest BCUT2D eigenvalue weighted by Gasteiger charge is -2.09. The summed E-state index contributed by atoms with van der Waals surface area (Å²) in [5.74, 6) is 4.27. The molecule has 5 heteroatoms. The summed E-state index contributed by atoms with van der Waals surface area (Å²) in [6, 6.07) is 2.54. The maximum atomic E-state index is 13.2. The molecule has 0 aromatic heterocycles. The smallest absolute Gasteiger partial charge is 0.165 e. The van der Waals surface area contributed by atoms with Crippen LogP contribution in [0.3, 0.4) is 0 Å². The van der Waals surface area contributed by atoms with Gasteiger partial charge < -0.3 is 4.74 Å². The average molecular weight is 203 g/mol. The van der Waals surface area contributed by atoms with Gasteiger partial charge in [-0.25, -0.2) is 14.7 Å². The molecule has 78 valence electrons. The molecule has 3 nitrogen and oxygen atoms in total. The van der Waals surface area contributed by atoms with E-state index in [4.69, 9.17) is 10.6 Å². The van der Waals surface area contributed by atoms with Crippen LogP contribution in [-0.2, 0) is 18.1 Å². The van der Waals surface area contributed by atoms with Crippen molar-refractivity contribution in [2.45, 2.75) is 13.3 Å². The summed E-state index contributed by atoms with van der Waals surface area (Å²) < 4.78 is 30.3. The zero-order chi connectivity index (χ0) is 10.6. The molecule has 1 rings (SSSR count). The zero-order valence-electron chi connectivity index (χ0n) is 7.72. The number of halogens is 2. The largest absolute Gasteiger partial charge is 0.493 e. The molecule has 0 bridgehead atoms. The molecular weight excluding hydrogens is 192 g/mol. The Kier molecular flexibility index (Phi) is 3.79. The van der Waals surface area contributed by atoms with Crippen LogP contribution in [0, 0.1) is 5.82 Å². The SMILES string of the molecule is COc1c(F)cc(CF)cc1CON. The predicted octanol–water partition coefficient (Wildman–Crippen LogP) is 1.69. The van der Waals surface area contributed by atoms with Gasteiger partial charge in [0.25, 0.3) is 0 Å². The second-order valence-corrected chi connectivity index (χ2v) is 2.71. The Morgan fingerprint density at radius 2 is 2.14 bits per heavy atom. The van der Waals surface area contributed by atoms with Gasteiger partial charge in [-0.3, -0.25) is 4.84 Å². The van der Waals surface area contributed by atoms with Gasteiger partial charge in [0.05, 0.1) is 13.7 Å². The molecule has 0 atom stereocenters. The van der Waals surface area contributed by atoms with E-state index in [1.165, 1.54) is 13.2 Å². The summed E-state index contributed by atoms with van der Waals surface area (Å²) in [5, 5.41) is 0. The third kappa shape index (κ3) is 2.18. The van der Waals surface area contributed by atoms with Gasteiger partial charge in [0.1, 0.15) is 6.67 Å². The maximum absolute atomic E-state index is 13.2. The van der Waals surface area contributed by atoms with Gasteiger partial charge >= 0.3 is 0 Å². The van der Waals surface area contributed by atoms with E-state index in [0.29, 0.717) is 5.56 Å². The first-order valence-electron chi connectivity index (χ1n) is 3.95. The first kappa shape index (κ1) is 10.9. The van der Waals surface area contributed by atoms with Gasteiger partial charge in [-0.15, -0.1) is 0 Å². The average Bonchev–Trinajstić information content (AvgIpc) is 2.18. The van der Waals surface area contributed by atoms with Gasteiger partial charge in [-0.1, -0.05) is 0 Å². The summed E-state index contributed by atoms with van der Waals surface area (Å²) in [6.45, 7) is -0.758. The third-order valence-electron chi connectivity index (χ3n) is 1.78. The fraction of sp³-hybridized carbons (Fsp3) is 0.333. The van der Waals surface area contributed by atoms with E-state index in [2.05, 4.69) is 4.84 Å². The van der Waals surface area contributed by atoms with Gasteiger partial charge in [-0.2, -0.15) is 0 Å². The number of alkyl halides is 1. The molecule has 0 radical (unpaired) electrons. The third-order valence-corrected chi connectivity index (χ3v) is 1.78. The predicted molar refractivity (Wildman–Crippen MR) is 46.7 cm³/mol. The molecule has 0 aliphatic rings. The minimum Gasteiger partial charge on any atom is -0.493 e. The first-order chi connectivity index (χ1) is 6.72. The summed E-state index contributed by atoms with van der Waals surface area (Å²) in [7, 11) is 1.33. The van der Waals surface area contributed by atoms with E-state index < -0.39 is 12.5 Å². The molecule has 0 amide bonds. The highest BCUT2D eigenvalue weighted by molar-refractivity contribution is 5.38. The highest BCUT2D eigenvalue weighted by atomic mass is 19.1. The van der Waals surface area contributed by atoms with Crippen molar-refractivity contribution in [2.24, 2.45) is 5.90 Å². The summed E-state index contributed by atoms with van der Waals surface area (Å²) in [6.07, 6.45) is 0. The molecule has 2 N–H and O–H groups in total. The molecular formula is C9H11F2NO2. The van der Waals surface area contributed by atoms with E-state index in [9.17, 15) is 8.78 Å². The topological polar surface area (TPSA) is 44.5 Å². The van der Waals surface area contributed by atoms with Crippen molar-refractivity contribution in [1.82, 2.24) is 0 Å². The van der Waals surface area contributed by atoms with Crippen molar-refractivity contribution >= 4 is 0 Å². The molecule has 0 heterocycles. The van der Waals surface area contributed by atoms with E-state index >= 15 is 0 Å². The molecule has 0 fully saturated rings. The standard InChI is InChI=1S/C9H11F2NO2/c1-13-9-7(5-14-12)2-6(4-10)3-8(9)11/h2-3H,4-5,12H2,1H3. The molecule has 0 unspecified atom stereocenters. The van der Waals surface area contributed by atoms with Crippen molar-refractivity contribution in [1.29, 1.82) is 0 Å². The molecule has 1 aromatic carbocycles.